The number of carbonyl (C=O) groups is 1. The molecule has 1 aliphatic rings. The lowest BCUT2D eigenvalue weighted by Gasteiger charge is -2.34. The van der Waals surface area contributed by atoms with E-state index in [1.165, 1.54) is 5.69 Å². The number of amides is 1. The van der Waals surface area contributed by atoms with Gasteiger partial charge >= 0.3 is 0 Å². The number of carbonyl (C=O) groups excluding carboxylic acids is 1. The molecule has 7 heteroatoms. The zero-order valence-electron chi connectivity index (χ0n) is 15.4. The van der Waals surface area contributed by atoms with E-state index < -0.39 is 0 Å². The summed E-state index contributed by atoms with van der Waals surface area (Å²) in [6, 6.07) is 8.28. The fraction of sp³-hybridized carbons (Fsp3) is 0.421. The molecule has 0 atom stereocenters. The molecule has 0 bridgehead atoms. The summed E-state index contributed by atoms with van der Waals surface area (Å²) in [6.07, 6.45) is 3.98. The Hall–Kier alpha value is -2.67. The van der Waals surface area contributed by atoms with Crippen molar-refractivity contribution in [2.45, 2.75) is 13.3 Å². The third kappa shape index (κ3) is 4.70. The number of nitrogens with one attached hydrogen (secondary N) is 2. The Morgan fingerprint density at radius 1 is 1.08 bits per heavy atom. The molecule has 7 nitrogen and oxygen atoms in total. The first kappa shape index (κ1) is 18.1. The topological polar surface area (TPSA) is 73.4 Å². The summed E-state index contributed by atoms with van der Waals surface area (Å²) in [4.78, 5) is 25.0. The van der Waals surface area contributed by atoms with Gasteiger partial charge in [-0.3, -0.25) is 4.79 Å². The second kappa shape index (κ2) is 8.62. The van der Waals surface area contributed by atoms with Gasteiger partial charge in [0, 0.05) is 56.5 Å². The Morgan fingerprint density at radius 2 is 1.73 bits per heavy atom. The summed E-state index contributed by atoms with van der Waals surface area (Å²) in [6.45, 7) is 6.94. The molecule has 1 saturated heterocycles. The number of rotatable bonds is 6. The smallest absolute Gasteiger partial charge is 0.254 e. The van der Waals surface area contributed by atoms with Crippen molar-refractivity contribution in [2.24, 2.45) is 0 Å². The molecule has 1 aromatic carbocycles. The van der Waals surface area contributed by atoms with Crippen LogP contribution in [0.5, 0.6) is 0 Å². The first-order valence-corrected chi connectivity index (χ1v) is 9.06. The molecule has 0 aliphatic carbocycles. The van der Waals surface area contributed by atoms with Gasteiger partial charge in [0.2, 0.25) is 5.95 Å². The first-order valence-electron chi connectivity index (χ1n) is 9.06. The lowest BCUT2D eigenvalue weighted by Crippen LogP contribution is -2.44. The summed E-state index contributed by atoms with van der Waals surface area (Å²) < 4.78 is 0. The summed E-state index contributed by atoms with van der Waals surface area (Å²) in [5.41, 5.74) is 2.62. The zero-order valence-corrected chi connectivity index (χ0v) is 15.4. The highest BCUT2D eigenvalue weighted by Crippen LogP contribution is 2.20. The van der Waals surface area contributed by atoms with Crippen LogP contribution in [0.2, 0.25) is 0 Å². The second-order valence-corrected chi connectivity index (χ2v) is 6.51. The van der Waals surface area contributed by atoms with E-state index in [2.05, 4.69) is 49.6 Å². The number of aromatic nitrogens is 2. The van der Waals surface area contributed by atoms with Crippen LogP contribution in [0.3, 0.4) is 0 Å². The predicted molar refractivity (Wildman–Crippen MR) is 104 cm³/mol. The normalized spacial score (nSPS) is 14.9. The molecule has 0 radical (unpaired) electrons. The Morgan fingerprint density at radius 3 is 2.35 bits per heavy atom. The largest absolute Gasteiger partial charge is 0.369 e. The van der Waals surface area contributed by atoms with Crippen LogP contribution in [-0.2, 0) is 0 Å². The van der Waals surface area contributed by atoms with E-state index >= 15 is 0 Å². The zero-order chi connectivity index (χ0) is 18.4. The minimum Gasteiger partial charge on any atom is -0.369 e. The molecule has 2 N–H and O–H groups in total. The molecule has 138 valence electrons. The van der Waals surface area contributed by atoms with Crippen molar-refractivity contribution in [1.29, 1.82) is 0 Å². The van der Waals surface area contributed by atoms with Crippen LogP contribution < -0.4 is 15.5 Å². The second-order valence-electron chi connectivity index (χ2n) is 6.51. The maximum absolute atomic E-state index is 11.9. The van der Waals surface area contributed by atoms with Gasteiger partial charge in [0.15, 0.2) is 0 Å². The summed E-state index contributed by atoms with van der Waals surface area (Å²) in [5.74, 6) is 0.333. The molecule has 1 amide bonds. The molecule has 2 aromatic rings. The Labute approximate surface area is 154 Å². The molecule has 3 rings (SSSR count). The van der Waals surface area contributed by atoms with Gasteiger partial charge in [-0.15, -0.1) is 0 Å². The standard InChI is InChI=1S/C19H26N6O/c1-3-8-20-18(26)15-13-21-19(22-14-15)23-16-4-6-17(7-5-16)25-11-9-24(2)10-12-25/h4-7,13-14H,3,8-12H2,1-2H3,(H,20,26)(H,21,22,23). The number of piperazine rings is 1. The van der Waals surface area contributed by atoms with Crippen LogP contribution in [0.4, 0.5) is 17.3 Å². The summed E-state index contributed by atoms with van der Waals surface area (Å²) in [5, 5.41) is 5.98. The average Bonchev–Trinajstić information content (AvgIpc) is 2.68. The van der Waals surface area contributed by atoms with E-state index in [9.17, 15) is 4.79 Å². The quantitative estimate of drug-likeness (QED) is 0.828. The molecule has 1 aliphatic heterocycles. The number of likely N-dealkylation sites (N-methyl/N-ethyl adjacent to an activating group) is 1. The number of hydrogen-bond donors (Lipinski definition) is 2. The Balaban J connectivity index is 1.58. The van der Waals surface area contributed by atoms with Crippen molar-refractivity contribution in [3.05, 3.63) is 42.2 Å². The van der Waals surface area contributed by atoms with Crippen LogP contribution in [0, 0.1) is 0 Å². The number of anilines is 3. The van der Waals surface area contributed by atoms with Crippen molar-refractivity contribution >= 4 is 23.2 Å². The van der Waals surface area contributed by atoms with E-state index in [0.717, 1.165) is 38.3 Å². The van der Waals surface area contributed by atoms with Gasteiger partial charge in [0.25, 0.3) is 5.91 Å². The average molecular weight is 354 g/mol. The maximum atomic E-state index is 11.9. The molecule has 0 spiro atoms. The lowest BCUT2D eigenvalue weighted by atomic mass is 10.2. The van der Waals surface area contributed by atoms with Gasteiger partial charge < -0.3 is 20.4 Å². The summed E-state index contributed by atoms with van der Waals surface area (Å²) >= 11 is 0. The molecule has 1 fully saturated rings. The van der Waals surface area contributed by atoms with E-state index in [-0.39, 0.29) is 5.91 Å². The van der Waals surface area contributed by atoms with Crippen LogP contribution in [0.15, 0.2) is 36.7 Å². The molecule has 26 heavy (non-hydrogen) atoms. The highest BCUT2D eigenvalue weighted by atomic mass is 16.1. The molecule has 0 unspecified atom stereocenters. The van der Waals surface area contributed by atoms with Gasteiger partial charge in [-0.1, -0.05) is 6.92 Å². The van der Waals surface area contributed by atoms with E-state index in [1.807, 2.05) is 19.1 Å². The Kier molecular flexibility index (Phi) is 6.01. The molecular weight excluding hydrogens is 328 g/mol. The van der Waals surface area contributed by atoms with Crippen LogP contribution in [0.1, 0.15) is 23.7 Å². The van der Waals surface area contributed by atoms with Gasteiger partial charge in [0.1, 0.15) is 0 Å². The minimum absolute atomic E-state index is 0.144. The van der Waals surface area contributed by atoms with Gasteiger partial charge in [-0.05, 0) is 37.7 Å². The SMILES string of the molecule is CCCNC(=O)c1cnc(Nc2ccc(N3CCN(C)CC3)cc2)nc1. The molecular formula is C19H26N6O. The van der Waals surface area contributed by atoms with E-state index in [0.29, 0.717) is 18.1 Å². The van der Waals surface area contributed by atoms with Crippen LogP contribution in [0.25, 0.3) is 0 Å². The number of hydrogen-bond acceptors (Lipinski definition) is 6. The fourth-order valence-corrected chi connectivity index (χ4v) is 2.80. The van der Waals surface area contributed by atoms with Gasteiger partial charge in [-0.25, -0.2) is 9.97 Å². The van der Waals surface area contributed by atoms with Crippen LogP contribution in [-0.4, -0.2) is 60.5 Å². The number of nitrogens with zero attached hydrogens (tertiary/aromatic N) is 4. The monoisotopic (exact) mass is 354 g/mol. The summed E-state index contributed by atoms with van der Waals surface area (Å²) in [7, 11) is 2.16. The van der Waals surface area contributed by atoms with Crippen molar-refractivity contribution in [3.63, 3.8) is 0 Å². The Bertz CT molecular complexity index is 708. The highest BCUT2D eigenvalue weighted by molar-refractivity contribution is 5.93. The third-order valence-electron chi connectivity index (χ3n) is 4.44. The van der Waals surface area contributed by atoms with Crippen molar-refractivity contribution in [1.82, 2.24) is 20.2 Å². The molecule has 0 saturated carbocycles. The van der Waals surface area contributed by atoms with Gasteiger partial charge in [0.05, 0.1) is 5.56 Å². The lowest BCUT2D eigenvalue weighted by molar-refractivity contribution is 0.0953. The minimum atomic E-state index is -0.144. The van der Waals surface area contributed by atoms with Crippen LogP contribution >= 0.6 is 0 Å². The van der Waals surface area contributed by atoms with Crippen molar-refractivity contribution < 1.29 is 4.79 Å². The fourth-order valence-electron chi connectivity index (χ4n) is 2.80. The van der Waals surface area contributed by atoms with E-state index in [4.69, 9.17) is 0 Å². The van der Waals surface area contributed by atoms with E-state index in [1.54, 1.807) is 12.4 Å². The predicted octanol–water partition coefficient (Wildman–Crippen LogP) is 2.11. The first-order chi connectivity index (χ1) is 12.7. The van der Waals surface area contributed by atoms with Crippen molar-refractivity contribution in [3.8, 4) is 0 Å². The third-order valence-corrected chi connectivity index (χ3v) is 4.44. The molecule has 1 aromatic heterocycles. The van der Waals surface area contributed by atoms with Crippen molar-refractivity contribution in [2.75, 3.05) is 50.0 Å². The number of benzene rings is 1. The highest BCUT2D eigenvalue weighted by Gasteiger charge is 2.14. The maximum Gasteiger partial charge on any atom is 0.254 e. The molecule has 2 heterocycles. The van der Waals surface area contributed by atoms with Gasteiger partial charge in [-0.2, -0.15) is 0 Å².